The minimum atomic E-state index is -0.321. The fourth-order valence-corrected chi connectivity index (χ4v) is 4.02. The van der Waals surface area contributed by atoms with E-state index >= 15 is 0 Å². The van der Waals surface area contributed by atoms with Gasteiger partial charge in [-0.3, -0.25) is 9.69 Å². The molecule has 2 aliphatic heterocycles. The maximum atomic E-state index is 14.0. The molecule has 0 aliphatic carbocycles. The second-order valence-corrected chi connectivity index (χ2v) is 7.39. The fourth-order valence-electron chi connectivity index (χ4n) is 4.02. The number of halogens is 1. The Labute approximate surface area is 159 Å². The van der Waals surface area contributed by atoms with Crippen molar-refractivity contribution in [1.82, 2.24) is 19.8 Å². The molecule has 0 bridgehead atoms. The fraction of sp³-hybridized carbons (Fsp3) is 0.550. The minimum absolute atomic E-state index is 0.250. The molecule has 2 fully saturated rings. The molecule has 4 rings (SSSR count). The predicted octanol–water partition coefficient (Wildman–Crippen LogP) is 2.29. The third-order valence-electron chi connectivity index (χ3n) is 5.58. The summed E-state index contributed by atoms with van der Waals surface area (Å²) in [5, 5.41) is 0.742. The molecule has 0 atom stereocenters. The van der Waals surface area contributed by atoms with Gasteiger partial charge in [-0.05, 0) is 25.0 Å². The monoisotopic (exact) mass is 371 g/mol. The molecule has 27 heavy (non-hydrogen) atoms. The molecule has 1 amide bonds. The number of hydrogen-bond donors (Lipinski definition) is 0. The van der Waals surface area contributed by atoms with E-state index in [0.717, 1.165) is 63.3 Å². The van der Waals surface area contributed by atoms with Gasteiger partial charge in [-0.2, -0.15) is 0 Å². The topological polar surface area (TPSA) is 52.6 Å². The van der Waals surface area contributed by atoms with Gasteiger partial charge in [0.25, 0.3) is 0 Å². The largest absolute Gasteiger partial charge is 0.353 e. The van der Waals surface area contributed by atoms with E-state index in [1.165, 1.54) is 25.2 Å². The molecule has 0 radical (unpaired) electrons. The van der Waals surface area contributed by atoms with Gasteiger partial charge >= 0.3 is 0 Å². The number of anilines is 1. The number of rotatable bonds is 3. The minimum Gasteiger partial charge on any atom is -0.353 e. The lowest BCUT2D eigenvalue weighted by Gasteiger charge is -2.36. The molecule has 2 aromatic rings. The summed E-state index contributed by atoms with van der Waals surface area (Å²) >= 11 is 0. The Morgan fingerprint density at radius 2 is 1.70 bits per heavy atom. The first-order valence-electron chi connectivity index (χ1n) is 9.87. The van der Waals surface area contributed by atoms with Crippen molar-refractivity contribution in [2.24, 2.45) is 0 Å². The van der Waals surface area contributed by atoms with Crippen LogP contribution in [0.15, 0.2) is 24.5 Å². The highest BCUT2D eigenvalue weighted by atomic mass is 19.1. The van der Waals surface area contributed by atoms with Crippen LogP contribution in [0.1, 0.15) is 25.7 Å². The zero-order valence-corrected chi connectivity index (χ0v) is 15.6. The lowest BCUT2D eigenvalue weighted by atomic mass is 10.2. The Morgan fingerprint density at radius 1 is 0.963 bits per heavy atom. The van der Waals surface area contributed by atoms with E-state index in [0.29, 0.717) is 12.1 Å². The first-order chi connectivity index (χ1) is 13.2. The van der Waals surface area contributed by atoms with Crippen LogP contribution < -0.4 is 4.90 Å². The number of benzene rings is 1. The van der Waals surface area contributed by atoms with Crippen LogP contribution in [-0.4, -0.2) is 71.5 Å². The average Bonchev–Trinajstić information content (AvgIpc) is 2.98. The van der Waals surface area contributed by atoms with E-state index in [9.17, 15) is 9.18 Å². The van der Waals surface area contributed by atoms with E-state index in [1.807, 2.05) is 11.0 Å². The number of likely N-dealkylation sites (tertiary alicyclic amines) is 1. The third-order valence-corrected chi connectivity index (χ3v) is 5.58. The summed E-state index contributed by atoms with van der Waals surface area (Å²) in [7, 11) is 0. The van der Waals surface area contributed by atoms with Gasteiger partial charge in [0.05, 0.1) is 6.54 Å². The van der Waals surface area contributed by atoms with Crippen LogP contribution in [0.5, 0.6) is 0 Å². The summed E-state index contributed by atoms with van der Waals surface area (Å²) in [6.45, 7) is 5.45. The number of fused-ring (bicyclic) bond motifs is 1. The van der Waals surface area contributed by atoms with Crippen LogP contribution in [0.2, 0.25) is 0 Å². The molecule has 0 saturated carbocycles. The van der Waals surface area contributed by atoms with Crippen molar-refractivity contribution in [1.29, 1.82) is 0 Å². The maximum Gasteiger partial charge on any atom is 0.236 e. The number of carbonyl (C=O) groups excluding carboxylic acids is 1. The molecule has 0 N–H and O–H groups in total. The van der Waals surface area contributed by atoms with Gasteiger partial charge in [0.2, 0.25) is 5.91 Å². The van der Waals surface area contributed by atoms with E-state index in [4.69, 9.17) is 0 Å². The van der Waals surface area contributed by atoms with Gasteiger partial charge < -0.3 is 9.80 Å². The Bertz CT molecular complexity index is 798. The molecule has 0 unspecified atom stereocenters. The Kier molecular flexibility index (Phi) is 5.48. The van der Waals surface area contributed by atoms with Crippen molar-refractivity contribution >= 4 is 22.6 Å². The first kappa shape index (κ1) is 18.1. The van der Waals surface area contributed by atoms with Crippen LogP contribution in [-0.2, 0) is 4.79 Å². The van der Waals surface area contributed by atoms with E-state index in [-0.39, 0.29) is 11.7 Å². The normalized spacial score (nSPS) is 19.3. The summed E-state index contributed by atoms with van der Waals surface area (Å²) in [4.78, 5) is 27.5. The van der Waals surface area contributed by atoms with Crippen LogP contribution >= 0.6 is 0 Å². The van der Waals surface area contributed by atoms with Gasteiger partial charge in [-0.15, -0.1) is 0 Å². The van der Waals surface area contributed by atoms with Crippen molar-refractivity contribution < 1.29 is 9.18 Å². The Hall–Kier alpha value is -2.28. The van der Waals surface area contributed by atoms with Gasteiger partial charge in [0.1, 0.15) is 23.5 Å². The lowest BCUT2D eigenvalue weighted by molar-refractivity contribution is -0.132. The zero-order valence-electron chi connectivity index (χ0n) is 15.6. The summed E-state index contributed by atoms with van der Waals surface area (Å²) in [5.74, 6) is 0.704. The highest BCUT2D eigenvalue weighted by Gasteiger charge is 2.24. The van der Waals surface area contributed by atoms with Crippen LogP contribution in [0.3, 0.4) is 0 Å². The molecule has 144 valence electrons. The van der Waals surface area contributed by atoms with Crippen molar-refractivity contribution in [3.8, 4) is 0 Å². The number of amides is 1. The van der Waals surface area contributed by atoms with E-state index in [1.54, 1.807) is 6.07 Å². The molecule has 2 aliphatic rings. The van der Waals surface area contributed by atoms with Crippen molar-refractivity contribution in [3.63, 3.8) is 0 Å². The second-order valence-electron chi connectivity index (χ2n) is 7.39. The molecular weight excluding hydrogens is 345 g/mol. The smallest absolute Gasteiger partial charge is 0.236 e. The molecule has 6 nitrogen and oxygen atoms in total. The van der Waals surface area contributed by atoms with Crippen LogP contribution in [0, 0.1) is 5.82 Å². The lowest BCUT2D eigenvalue weighted by Crippen LogP contribution is -2.50. The zero-order chi connectivity index (χ0) is 18.6. The Balaban J connectivity index is 1.38. The molecule has 2 saturated heterocycles. The number of piperazine rings is 1. The average molecular weight is 371 g/mol. The van der Waals surface area contributed by atoms with Crippen molar-refractivity contribution in [2.45, 2.75) is 25.7 Å². The Morgan fingerprint density at radius 3 is 2.44 bits per heavy atom. The highest BCUT2D eigenvalue weighted by Crippen LogP contribution is 2.25. The number of carbonyl (C=O) groups is 1. The van der Waals surface area contributed by atoms with Gasteiger partial charge in [-0.1, -0.05) is 18.9 Å². The molecule has 3 heterocycles. The van der Waals surface area contributed by atoms with E-state index in [2.05, 4.69) is 19.8 Å². The van der Waals surface area contributed by atoms with Crippen LogP contribution in [0.25, 0.3) is 10.9 Å². The predicted molar refractivity (Wildman–Crippen MR) is 103 cm³/mol. The van der Waals surface area contributed by atoms with Gasteiger partial charge in [0.15, 0.2) is 0 Å². The van der Waals surface area contributed by atoms with Gasteiger partial charge in [-0.25, -0.2) is 14.4 Å². The first-order valence-corrected chi connectivity index (χ1v) is 9.87. The van der Waals surface area contributed by atoms with Crippen LogP contribution in [0.4, 0.5) is 10.2 Å². The number of nitrogens with zero attached hydrogens (tertiary/aromatic N) is 5. The summed E-state index contributed by atoms with van der Waals surface area (Å²) in [6, 6.07) is 4.98. The SMILES string of the molecule is O=C(CN1CCN(c2ncnc3c(F)cccc23)CC1)N1CCCCCC1. The van der Waals surface area contributed by atoms with Crippen molar-refractivity contribution in [3.05, 3.63) is 30.3 Å². The number of hydrogen-bond acceptors (Lipinski definition) is 5. The summed E-state index contributed by atoms with van der Waals surface area (Å²) < 4.78 is 14.0. The van der Waals surface area contributed by atoms with Crippen molar-refractivity contribution in [2.75, 3.05) is 50.7 Å². The van der Waals surface area contributed by atoms with E-state index < -0.39 is 0 Å². The summed E-state index contributed by atoms with van der Waals surface area (Å²) in [5.41, 5.74) is 0.362. The summed E-state index contributed by atoms with van der Waals surface area (Å²) in [6.07, 6.45) is 6.13. The molecular formula is C20H26FN5O. The molecule has 0 spiro atoms. The maximum absolute atomic E-state index is 14.0. The molecule has 7 heteroatoms. The molecule has 1 aromatic heterocycles. The molecule has 1 aromatic carbocycles. The standard InChI is InChI=1S/C20H26FN5O/c21-17-7-5-6-16-19(17)22-15-23-20(16)26-12-10-24(11-13-26)14-18(27)25-8-3-1-2-4-9-25/h5-7,15H,1-4,8-14H2. The highest BCUT2D eigenvalue weighted by molar-refractivity contribution is 5.89. The second kappa shape index (κ2) is 8.17. The number of para-hydroxylation sites is 1. The number of aromatic nitrogens is 2. The third kappa shape index (κ3) is 4.03. The van der Waals surface area contributed by atoms with Gasteiger partial charge in [0, 0.05) is 44.7 Å². The quantitative estimate of drug-likeness (QED) is 0.829.